The van der Waals surface area contributed by atoms with Crippen LogP contribution in [-0.4, -0.2) is 13.3 Å². The van der Waals surface area contributed by atoms with Crippen molar-refractivity contribution in [1.82, 2.24) is 0 Å². The predicted octanol–water partition coefficient (Wildman–Crippen LogP) is 3.55. The van der Waals surface area contributed by atoms with Gasteiger partial charge in [0.25, 0.3) is 0 Å². The van der Waals surface area contributed by atoms with Crippen LogP contribution in [0, 0.1) is 6.92 Å². The zero-order valence-electron chi connectivity index (χ0n) is 11.2. The molecule has 3 nitrogen and oxygen atoms in total. The highest BCUT2D eigenvalue weighted by molar-refractivity contribution is 5.79. The van der Waals surface area contributed by atoms with Crippen LogP contribution >= 0.6 is 0 Å². The quantitative estimate of drug-likeness (QED) is 0.604. The van der Waals surface area contributed by atoms with E-state index >= 15 is 0 Å². The third-order valence-corrected chi connectivity index (χ3v) is 2.71. The molecule has 0 bridgehead atoms. The number of hydrogen-bond acceptors (Lipinski definition) is 3. The normalized spacial score (nSPS) is 10.6. The minimum atomic E-state index is 0.575. The molecule has 0 heterocycles. The van der Waals surface area contributed by atoms with E-state index in [9.17, 15) is 0 Å². The van der Waals surface area contributed by atoms with E-state index < -0.39 is 0 Å². The molecule has 0 radical (unpaired) electrons. The summed E-state index contributed by atoms with van der Waals surface area (Å²) in [7, 11) is 1.52. The number of rotatable bonds is 5. The molecular formula is C16H17NO2. The molecule has 0 saturated carbocycles. The summed E-state index contributed by atoms with van der Waals surface area (Å²) >= 11 is 0. The van der Waals surface area contributed by atoms with Gasteiger partial charge in [-0.05, 0) is 42.3 Å². The molecule has 98 valence electrons. The van der Waals surface area contributed by atoms with Crippen LogP contribution in [0.1, 0.15) is 16.7 Å². The van der Waals surface area contributed by atoms with E-state index in [0.717, 1.165) is 16.9 Å². The second-order valence-corrected chi connectivity index (χ2v) is 4.26. The Morgan fingerprint density at radius 2 is 1.68 bits per heavy atom. The Labute approximate surface area is 113 Å². The largest absolute Gasteiger partial charge is 0.489 e. The van der Waals surface area contributed by atoms with Gasteiger partial charge in [0, 0.05) is 0 Å². The minimum absolute atomic E-state index is 0.575. The highest BCUT2D eigenvalue weighted by Crippen LogP contribution is 2.14. The second-order valence-electron chi connectivity index (χ2n) is 4.26. The molecule has 0 aliphatic carbocycles. The molecule has 3 heteroatoms. The van der Waals surface area contributed by atoms with Crippen LogP contribution in [0.5, 0.6) is 5.75 Å². The van der Waals surface area contributed by atoms with Crippen LogP contribution in [-0.2, 0) is 11.4 Å². The summed E-state index contributed by atoms with van der Waals surface area (Å²) < 4.78 is 5.72. The first-order valence-corrected chi connectivity index (χ1v) is 6.13. The van der Waals surface area contributed by atoms with Gasteiger partial charge in [0.15, 0.2) is 0 Å². The molecule has 0 aliphatic rings. The zero-order chi connectivity index (χ0) is 13.5. The van der Waals surface area contributed by atoms with E-state index in [4.69, 9.17) is 4.74 Å². The maximum atomic E-state index is 5.72. The first-order chi connectivity index (χ1) is 9.28. The maximum Gasteiger partial charge on any atom is 0.119 e. The monoisotopic (exact) mass is 255 g/mol. The molecule has 0 aromatic heterocycles. The Hall–Kier alpha value is -2.29. The first kappa shape index (κ1) is 13.1. The highest BCUT2D eigenvalue weighted by Gasteiger charge is 1.96. The minimum Gasteiger partial charge on any atom is -0.489 e. The van der Waals surface area contributed by atoms with Crippen molar-refractivity contribution in [3.8, 4) is 5.75 Å². The molecule has 2 aromatic carbocycles. The average Bonchev–Trinajstić information content (AvgIpc) is 2.46. The van der Waals surface area contributed by atoms with E-state index in [2.05, 4.69) is 41.2 Å². The smallest absolute Gasteiger partial charge is 0.119 e. The van der Waals surface area contributed by atoms with Gasteiger partial charge in [0.2, 0.25) is 0 Å². The van der Waals surface area contributed by atoms with Gasteiger partial charge in [-0.1, -0.05) is 35.0 Å². The highest BCUT2D eigenvalue weighted by atomic mass is 16.6. The molecule has 0 aliphatic heterocycles. The van der Waals surface area contributed by atoms with Crippen LogP contribution in [0.3, 0.4) is 0 Å². The molecule has 0 spiro atoms. The van der Waals surface area contributed by atoms with Gasteiger partial charge >= 0.3 is 0 Å². The van der Waals surface area contributed by atoms with Crippen LogP contribution < -0.4 is 4.74 Å². The van der Waals surface area contributed by atoms with Crippen molar-refractivity contribution in [2.45, 2.75) is 13.5 Å². The molecule has 0 atom stereocenters. The fraction of sp³-hybridized carbons (Fsp3) is 0.188. The SMILES string of the molecule is CO/N=C/c1ccc(OCc2ccc(C)cc2)cc1. The van der Waals surface area contributed by atoms with Crippen LogP contribution in [0.25, 0.3) is 0 Å². The molecule has 0 amide bonds. The van der Waals surface area contributed by atoms with Gasteiger partial charge < -0.3 is 9.57 Å². The predicted molar refractivity (Wildman–Crippen MR) is 76.6 cm³/mol. The van der Waals surface area contributed by atoms with E-state index in [1.54, 1.807) is 6.21 Å². The molecule has 0 fully saturated rings. The average molecular weight is 255 g/mol. The van der Waals surface area contributed by atoms with Crippen molar-refractivity contribution in [3.63, 3.8) is 0 Å². The Morgan fingerprint density at radius 3 is 2.32 bits per heavy atom. The lowest BCUT2D eigenvalue weighted by atomic mass is 10.2. The van der Waals surface area contributed by atoms with Gasteiger partial charge in [0.05, 0.1) is 6.21 Å². The zero-order valence-corrected chi connectivity index (χ0v) is 11.2. The fourth-order valence-electron chi connectivity index (χ4n) is 1.61. The van der Waals surface area contributed by atoms with Crippen molar-refractivity contribution in [2.75, 3.05) is 7.11 Å². The third-order valence-electron chi connectivity index (χ3n) is 2.71. The van der Waals surface area contributed by atoms with Gasteiger partial charge in [-0.15, -0.1) is 0 Å². The Balaban J connectivity index is 1.92. The number of hydrogen-bond donors (Lipinski definition) is 0. The first-order valence-electron chi connectivity index (χ1n) is 6.13. The van der Waals surface area contributed by atoms with Crippen molar-refractivity contribution >= 4 is 6.21 Å². The second kappa shape index (κ2) is 6.59. The lowest BCUT2D eigenvalue weighted by Gasteiger charge is -2.06. The maximum absolute atomic E-state index is 5.72. The summed E-state index contributed by atoms with van der Waals surface area (Å²) in [6.07, 6.45) is 1.66. The fourth-order valence-corrected chi connectivity index (χ4v) is 1.61. The lowest BCUT2D eigenvalue weighted by molar-refractivity contribution is 0.215. The molecule has 0 unspecified atom stereocenters. The number of ether oxygens (including phenoxy) is 1. The summed E-state index contributed by atoms with van der Waals surface area (Å²) in [5.74, 6) is 0.843. The summed E-state index contributed by atoms with van der Waals surface area (Å²) in [6.45, 7) is 2.65. The van der Waals surface area contributed by atoms with Crippen LogP contribution in [0.15, 0.2) is 53.7 Å². The Bertz CT molecular complexity index is 530. The molecular weight excluding hydrogens is 238 g/mol. The summed E-state index contributed by atoms with van der Waals surface area (Å²) in [6, 6.07) is 16.0. The summed E-state index contributed by atoms with van der Waals surface area (Å²) in [4.78, 5) is 4.63. The number of aryl methyl sites for hydroxylation is 1. The summed E-state index contributed by atoms with van der Waals surface area (Å²) in [5, 5.41) is 3.71. The Morgan fingerprint density at radius 1 is 1.00 bits per heavy atom. The van der Waals surface area contributed by atoms with Gasteiger partial charge in [-0.2, -0.15) is 0 Å². The van der Waals surface area contributed by atoms with Crippen molar-refractivity contribution < 1.29 is 9.57 Å². The van der Waals surface area contributed by atoms with E-state index in [1.807, 2.05) is 24.3 Å². The Kier molecular flexibility index (Phi) is 4.56. The van der Waals surface area contributed by atoms with Crippen LogP contribution in [0.4, 0.5) is 0 Å². The van der Waals surface area contributed by atoms with Gasteiger partial charge in [0.1, 0.15) is 19.5 Å². The molecule has 2 rings (SSSR count). The summed E-state index contributed by atoms with van der Waals surface area (Å²) in [5.41, 5.74) is 3.39. The standard InChI is InChI=1S/C16H17NO2/c1-13-3-5-15(6-4-13)12-19-16-9-7-14(8-10-16)11-17-18-2/h3-11H,12H2,1-2H3/b17-11+. The van der Waals surface area contributed by atoms with E-state index in [-0.39, 0.29) is 0 Å². The van der Waals surface area contributed by atoms with E-state index in [0.29, 0.717) is 6.61 Å². The molecule has 0 saturated heterocycles. The topological polar surface area (TPSA) is 30.8 Å². The van der Waals surface area contributed by atoms with Crippen molar-refractivity contribution in [3.05, 3.63) is 65.2 Å². The third kappa shape index (κ3) is 4.14. The number of nitrogens with zero attached hydrogens (tertiary/aromatic N) is 1. The lowest BCUT2D eigenvalue weighted by Crippen LogP contribution is -1.95. The number of benzene rings is 2. The van der Waals surface area contributed by atoms with E-state index in [1.165, 1.54) is 12.7 Å². The van der Waals surface area contributed by atoms with Crippen molar-refractivity contribution in [1.29, 1.82) is 0 Å². The van der Waals surface area contributed by atoms with Crippen molar-refractivity contribution in [2.24, 2.45) is 5.16 Å². The van der Waals surface area contributed by atoms with Gasteiger partial charge in [-0.3, -0.25) is 0 Å². The molecule has 0 N–H and O–H groups in total. The number of oxime groups is 1. The van der Waals surface area contributed by atoms with Gasteiger partial charge in [-0.25, -0.2) is 0 Å². The molecule has 19 heavy (non-hydrogen) atoms. The van der Waals surface area contributed by atoms with Crippen LogP contribution in [0.2, 0.25) is 0 Å². The molecule has 2 aromatic rings.